The molecule has 42 heavy (non-hydrogen) atoms. The highest BCUT2D eigenvalue weighted by atomic mass is 16.5. The first-order chi connectivity index (χ1) is 20.4. The standard InChI is InChI=1S/C33H35N3O6/c1-35-29(18-28(34-35)22-11-12-22)32(37)36(19-24-15-16-26(39-2)17-30(24)40-3)20-25-7-6-8-27(31(25)41-4)21-9-13-23(14-10-21)33(38)42-5/h6-10,13-18,22H,11-12,19-20H2,1-5H3. The van der Waals surface area contributed by atoms with Crippen LogP contribution in [0.4, 0.5) is 0 Å². The van der Waals surface area contributed by atoms with Crippen LogP contribution in [0.2, 0.25) is 0 Å². The van der Waals surface area contributed by atoms with E-state index in [1.54, 1.807) is 43.0 Å². The van der Waals surface area contributed by atoms with Gasteiger partial charge in [0.1, 0.15) is 22.9 Å². The van der Waals surface area contributed by atoms with E-state index in [4.69, 9.17) is 18.9 Å². The van der Waals surface area contributed by atoms with Crippen molar-refractivity contribution < 1.29 is 28.5 Å². The van der Waals surface area contributed by atoms with Gasteiger partial charge in [0.2, 0.25) is 0 Å². The Morgan fingerprint density at radius 1 is 0.881 bits per heavy atom. The van der Waals surface area contributed by atoms with Gasteiger partial charge in [-0.1, -0.05) is 30.3 Å². The fraction of sp³-hybridized carbons (Fsp3) is 0.303. The Morgan fingerprint density at radius 2 is 1.62 bits per heavy atom. The summed E-state index contributed by atoms with van der Waals surface area (Å²) >= 11 is 0. The van der Waals surface area contributed by atoms with Gasteiger partial charge in [-0.15, -0.1) is 0 Å². The van der Waals surface area contributed by atoms with E-state index in [9.17, 15) is 9.59 Å². The molecular formula is C33H35N3O6. The van der Waals surface area contributed by atoms with Crippen molar-refractivity contribution in [1.29, 1.82) is 0 Å². The van der Waals surface area contributed by atoms with E-state index < -0.39 is 5.97 Å². The summed E-state index contributed by atoms with van der Waals surface area (Å²) in [6.45, 7) is 0.562. The zero-order chi connectivity index (χ0) is 29.8. The lowest BCUT2D eigenvalue weighted by molar-refractivity contribution is 0.0600. The van der Waals surface area contributed by atoms with Crippen molar-refractivity contribution in [3.05, 3.63) is 94.8 Å². The fourth-order valence-corrected chi connectivity index (χ4v) is 5.10. The second-order valence-corrected chi connectivity index (χ2v) is 10.3. The molecule has 0 radical (unpaired) electrons. The highest BCUT2D eigenvalue weighted by molar-refractivity contribution is 5.93. The van der Waals surface area contributed by atoms with Gasteiger partial charge in [-0.3, -0.25) is 9.48 Å². The smallest absolute Gasteiger partial charge is 0.337 e. The third kappa shape index (κ3) is 5.95. The summed E-state index contributed by atoms with van der Waals surface area (Å²) in [5.41, 5.74) is 5.33. The Balaban J connectivity index is 1.52. The van der Waals surface area contributed by atoms with Gasteiger partial charge in [-0.05, 0) is 48.7 Å². The van der Waals surface area contributed by atoms with E-state index in [2.05, 4.69) is 5.10 Å². The Bertz CT molecular complexity index is 1590. The molecule has 0 bridgehead atoms. The van der Waals surface area contributed by atoms with Crippen LogP contribution in [0.1, 0.15) is 56.4 Å². The number of rotatable bonds is 11. The third-order valence-corrected chi connectivity index (χ3v) is 7.54. The summed E-state index contributed by atoms with van der Waals surface area (Å²) in [6, 6.07) is 20.5. The van der Waals surface area contributed by atoms with Crippen molar-refractivity contribution >= 4 is 11.9 Å². The molecule has 9 heteroatoms. The van der Waals surface area contributed by atoms with Crippen LogP contribution in [-0.4, -0.2) is 55.0 Å². The van der Waals surface area contributed by atoms with Crippen molar-refractivity contribution in [2.24, 2.45) is 7.05 Å². The molecule has 1 aromatic heterocycles. The average molecular weight is 570 g/mol. The summed E-state index contributed by atoms with van der Waals surface area (Å²) in [4.78, 5) is 27.9. The van der Waals surface area contributed by atoms with Crippen molar-refractivity contribution in [1.82, 2.24) is 14.7 Å². The summed E-state index contributed by atoms with van der Waals surface area (Å²) in [5, 5.41) is 4.63. The predicted molar refractivity (Wildman–Crippen MR) is 158 cm³/mol. The van der Waals surface area contributed by atoms with Crippen molar-refractivity contribution in [3.63, 3.8) is 0 Å². The molecule has 0 aliphatic heterocycles. The van der Waals surface area contributed by atoms with Crippen LogP contribution in [0.25, 0.3) is 11.1 Å². The van der Waals surface area contributed by atoms with Gasteiger partial charge in [0.15, 0.2) is 0 Å². The van der Waals surface area contributed by atoms with Crippen LogP contribution in [0.3, 0.4) is 0 Å². The molecule has 0 unspecified atom stereocenters. The zero-order valence-corrected chi connectivity index (χ0v) is 24.5. The molecule has 4 aromatic rings. The molecule has 3 aromatic carbocycles. The molecule has 5 rings (SSSR count). The van der Waals surface area contributed by atoms with E-state index in [-0.39, 0.29) is 19.0 Å². The van der Waals surface area contributed by atoms with E-state index in [0.29, 0.717) is 34.4 Å². The highest BCUT2D eigenvalue weighted by Crippen LogP contribution is 2.40. The third-order valence-electron chi connectivity index (χ3n) is 7.54. The molecule has 1 heterocycles. The monoisotopic (exact) mass is 569 g/mol. The van der Waals surface area contributed by atoms with Crippen LogP contribution < -0.4 is 14.2 Å². The van der Waals surface area contributed by atoms with Gasteiger partial charge in [-0.2, -0.15) is 5.10 Å². The molecule has 0 atom stereocenters. The lowest BCUT2D eigenvalue weighted by Crippen LogP contribution is -2.32. The Labute approximate surface area is 245 Å². The molecule has 9 nitrogen and oxygen atoms in total. The van der Waals surface area contributed by atoms with E-state index in [0.717, 1.165) is 40.8 Å². The first-order valence-corrected chi connectivity index (χ1v) is 13.8. The first-order valence-electron chi connectivity index (χ1n) is 13.8. The molecule has 1 aliphatic rings. The van der Waals surface area contributed by atoms with Gasteiger partial charge in [0, 0.05) is 35.7 Å². The Morgan fingerprint density at radius 3 is 2.26 bits per heavy atom. The fourth-order valence-electron chi connectivity index (χ4n) is 5.10. The number of methoxy groups -OCH3 is 4. The maximum absolute atomic E-state index is 14.2. The number of carbonyl (C=O) groups excluding carboxylic acids is 2. The molecule has 1 saturated carbocycles. The largest absolute Gasteiger partial charge is 0.497 e. The summed E-state index contributed by atoms with van der Waals surface area (Å²) in [6.07, 6.45) is 2.20. The second-order valence-electron chi connectivity index (χ2n) is 10.3. The molecule has 218 valence electrons. The van der Waals surface area contributed by atoms with E-state index in [1.165, 1.54) is 7.11 Å². The molecule has 1 aliphatic carbocycles. The minimum atomic E-state index is -0.398. The second kappa shape index (κ2) is 12.4. The number of amides is 1. The number of nitrogens with zero attached hydrogens (tertiary/aromatic N) is 3. The van der Waals surface area contributed by atoms with Gasteiger partial charge >= 0.3 is 5.97 Å². The quantitative estimate of drug-likeness (QED) is 0.217. The summed E-state index contributed by atoms with van der Waals surface area (Å²) in [5.74, 6) is 1.82. The Hall–Kier alpha value is -4.79. The molecule has 1 fully saturated rings. The SMILES string of the molecule is COC(=O)c1ccc(-c2cccc(CN(Cc3ccc(OC)cc3OC)C(=O)c3cc(C4CC4)nn3C)c2OC)cc1. The van der Waals surface area contributed by atoms with E-state index in [1.807, 2.05) is 61.6 Å². The maximum Gasteiger partial charge on any atom is 0.337 e. The van der Waals surface area contributed by atoms with Crippen molar-refractivity contribution in [3.8, 4) is 28.4 Å². The number of esters is 1. The van der Waals surface area contributed by atoms with Crippen LogP contribution in [0, 0.1) is 0 Å². The number of aryl methyl sites for hydroxylation is 1. The van der Waals surface area contributed by atoms with Gasteiger partial charge in [-0.25, -0.2) is 4.79 Å². The molecule has 1 amide bonds. The number of hydrogen-bond acceptors (Lipinski definition) is 7. The lowest BCUT2D eigenvalue weighted by atomic mass is 9.99. The van der Waals surface area contributed by atoms with Gasteiger partial charge < -0.3 is 23.8 Å². The number of ether oxygens (including phenoxy) is 4. The zero-order valence-electron chi connectivity index (χ0n) is 24.5. The number of benzene rings is 3. The number of aromatic nitrogens is 2. The van der Waals surface area contributed by atoms with Crippen LogP contribution in [0.15, 0.2) is 66.7 Å². The highest BCUT2D eigenvalue weighted by Gasteiger charge is 2.30. The van der Waals surface area contributed by atoms with Crippen molar-refractivity contribution in [2.75, 3.05) is 28.4 Å². The normalized spacial score (nSPS) is 12.5. The van der Waals surface area contributed by atoms with Gasteiger partial charge in [0.25, 0.3) is 5.91 Å². The average Bonchev–Trinajstić information content (AvgIpc) is 3.81. The lowest BCUT2D eigenvalue weighted by Gasteiger charge is -2.25. The first kappa shape index (κ1) is 28.7. The number of carbonyl (C=O) groups is 2. The van der Waals surface area contributed by atoms with Crippen LogP contribution >= 0.6 is 0 Å². The molecule has 0 N–H and O–H groups in total. The molecule has 0 spiro atoms. The van der Waals surface area contributed by atoms with Crippen LogP contribution in [-0.2, 0) is 24.9 Å². The minimum Gasteiger partial charge on any atom is -0.497 e. The van der Waals surface area contributed by atoms with E-state index >= 15 is 0 Å². The molecule has 0 saturated heterocycles. The molecular weight excluding hydrogens is 534 g/mol. The minimum absolute atomic E-state index is 0.148. The maximum atomic E-state index is 14.2. The van der Waals surface area contributed by atoms with Crippen molar-refractivity contribution in [2.45, 2.75) is 31.8 Å². The number of para-hydroxylation sites is 1. The summed E-state index contributed by atoms with van der Waals surface area (Å²) in [7, 11) is 7.99. The predicted octanol–water partition coefficient (Wildman–Crippen LogP) is 5.62. The van der Waals surface area contributed by atoms with Gasteiger partial charge in [0.05, 0.1) is 52.8 Å². The van der Waals surface area contributed by atoms with Crippen LogP contribution in [0.5, 0.6) is 17.2 Å². The Kier molecular flexibility index (Phi) is 8.47. The summed E-state index contributed by atoms with van der Waals surface area (Å²) < 4.78 is 23.5. The topological polar surface area (TPSA) is 92.1 Å². The number of hydrogen-bond donors (Lipinski definition) is 0.